The Labute approximate surface area is 119 Å². The molecular formula is C15H12N4O2. The summed E-state index contributed by atoms with van der Waals surface area (Å²) in [5, 5.41) is 3.18. The van der Waals surface area contributed by atoms with Crippen LogP contribution in [0.15, 0.2) is 47.5 Å². The molecule has 21 heavy (non-hydrogen) atoms. The molecule has 0 saturated carbocycles. The maximum atomic E-state index is 12.0. The molecule has 2 aromatic heterocycles. The lowest BCUT2D eigenvalue weighted by Gasteiger charge is -2.06. The van der Waals surface area contributed by atoms with Gasteiger partial charge in [0.25, 0.3) is 11.5 Å². The standard InChI is InChI=1S/C15H12N4O2/c1-9-17-13-3-2-11(8-12(13)15(21)18-9)19-14(20)10-4-6-16-7-5-10/h2-8H,1H3,(H,19,20)(H,17,18,21). The first kappa shape index (κ1) is 13.0. The summed E-state index contributed by atoms with van der Waals surface area (Å²) < 4.78 is 0. The van der Waals surface area contributed by atoms with E-state index < -0.39 is 0 Å². The number of nitrogens with one attached hydrogen (secondary N) is 2. The van der Waals surface area contributed by atoms with Crippen molar-refractivity contribution in [1.29, 1.82) is 0 Å². The summed E-state index contributed by atoms with van der Waals surface area (Å²) in [6.07, 6.45) is 3.10. The van der Waals surface area contributed by atoms with Crippen LogP contribution in [0.1, 0.15) is 16.2 Å². The number of benzene rings is 1. The number of pyridine rings is 1. The number of rotatable bonds is 2. The van der Waals surface area contributed by atoms with Gasteiger partial charge in [-0.3, -0.25) is 14.6 Å². The first-order valence-corrected chi connectivity index (χ1v) is 6.35. The van der Waals surface area contributed by atoms with Gasteiger partial charge in [-0.05, 0) is 37.3 Å². The zero-order chi connectivity index (χ0) is 14.8. The highest BCUT2D eigenvalue weighted by Gasteiger charge is 2.07. The summed E-state index contributed by atoms with van der Waals surface area (Å²) in [4.78, 5) is 34.7. The number of aromatic amines is 1. The fraction of sp³-hybridized carbons (Fsp3) is 0.0667. The zero-order valence-electron chi connectivity index (χ0n) is 11.3. The quantitative estimate of drug-likeness (QED) is 0.750. The van der Waals surface area contributed by atoms with Gasteiger partial charge in [0.2, 0.25) is 0 Å². The second-order valence-electron chi connectivity index (χ2n) is 4.57. The monoisotopic (exact) mass is 280 g/mol. The average Bonchev–Trinajstić information content (AvgIpc) is 2.48. The molecule has 1 amide bonds. The minimum Gasteiger partial charge on any atom is -0.322 e. The summed E-state index contributed by atoms with van der Waals surface area (Å²) >= 11 is 0. The van der Waals surface area contributed by atoms with Crippen LogP contribution in [0.2, 0.25) is 0 Å². The van der Waals surface area contributed by atoms with Crippen LogP contribution in [0, 0.1) is 6.92 Å². The molecule has 0 unspecified atom stereocenters. The van der Waals surface area contributed by atoms with Crippen molar-refractivity contribution in [2.45, 2.75) is 6.92 Å². The molecule has 0 radical (unpaired) electrons. The third kappa shape index (κ3) is 2.64. The molecule has 3 aromatic rings. The number of nitrogens with zero attached hydrogens (tertiary/aromatic N) is 2. The van der Waals surface area contributed by atoms with Gasteiger partial charge in [-0.25, -0.2) is 4.98 Å². The van der Waals surface area contributed by atoms with E-state index in [0.717, 1.165) is 0 Å². The molecular weight excluding hydrogens is 268 g/mol. The van der Waals surface area contributed by atoms with Gasteiger partial charge in [0, 0.05) is 23.6 Å². The van der Waals surface area contributed by atoms with E-state index >= 15 is 0 Å². The number of H-pyrrole nitrogens is 1. The molecule has 0 fully saturated rings. The number of carbonyl (C=O) groups excluding carboxylic acids is 1. The van der Waals surface area contributed by atoms with Crippen molar-refractivity contribution < 1.29 is 4.79 Å². The number of aryl methyl sites for hydroxylation is 1. The van der Waals surface area contributed by atoms with Crippen molar-refractivity contribution in [2.75, 3.05) is 5.32 Å². The Balaban J connectivity index is 1.95. The maximum Gasteiger partial charge on any atom is 0.258 e. The van der Waals surface area contributed by atoms with Gasteiger partial charge in [0.1, 0.15) is 5.82 Å². The fourth-order valence-electron chi connectivity index (χ4n) is 2.04. The molecule has 0 bridgehead atoms. The smallest absolute Gasteiger partial charge is 0.258 e. The molecule has 0 aliphatic rings. The van der Waals surface area contributed by atoms with Gasteiger partial charge in [0.15, 0.2) is 0 Å². The molecule has 6 heteroatoms. The van der Waals surface area contributed by atoms with Crippen LogP contribution < -0.4 is 10.9 Å². The Hall–Kier alpha value is -3.02. The van der Waals surface area contributed by atoms with E-state index in [9.17, 15) is 9.59 Å². The number of fused-ring (bicyclic) bond motifs is 1. The molecule has 0 saturated heterocycles. The van der Waals surface area contributed by atoms with Gasteiger partial charge < -0.3 is 10.3 Å². The van der Waals surface area contributed by atoms with E-state index in [2.05, 4.69) is 20.3 Å². The molecule has 3 rings (SSSR count). The first-order chi connectivity index (χ1) is 10.1. The van der Waals surface area contributed by atoms with E-state index in [-0.39, 0.29) is 11.5 Å². The first-order valence-electron chi connectivity index (χ1n) is 6.35. The van der Waals surface area contributed by atoms with Crippen LogP contribution in [0.25, 0.3) is 10.9 Å². The Morgan fingerprint density at radius 2 is 1.95 bits per heavy atom. The van der Waals surface area contributed by atoms with Crippen molar-refractivity contribution in [3.8, 4) is 0 Å². The second-order valence-corrected chi connectivity index (χ2v) is 4.57. The predicted molar refractivity (Wildman–Crippen MR) is 79.3 cm³/mol. The van der Waals surface area contributed by atoms with Crippen molar-refractivity contribution in [2.24, 2.45) is 0 Å². The van der Waals surface area contributed by atoms with Crippen molar-refractivity contribution >= 4 is 22.5 Å². The Bertz CT molecular complexity index is 872. The zero-order valence-corrected chi connectivity index (χ0v) is 11.3. The van der Waals surface area contributed by atoms with Crippen LogP contribution in [-0.4, -0.2) is 20.9 Å². The summed E-state index contributed by atoms with van der Waals surface area (Å²) in [5.74, 6) is 0.300. The topological polar surface area (TPSA) is 87.7 Å². The molecule has 0 aliphatic carbocycles. The molecule has 0 atom stereocenters. The van der Waals surface area contributed by atoms with Crippen LogP contribution >= 0.6 is 0 Å². The SMILES string of the molecule is Cc1nc2ccc(NC(=O)c3ccncc3)cc2c(=O)[nH]1. The van der Waals surface area contributed by atoms with E-state index in [0.29, 0.717) is 28.0 Å². The predicted octanol–water partition coefficient (Wildman–Crippen LogP) is 1.88. The lowest BCUT2D eigenvalue weighted by atomic mass is 10.2. The van der Waals surface area contributed by atoms with Crippen molar-refractivity contribution in [3.63, 3.8) is 0 Å². The number of hydrogen-bond donors (Lipinski definition) is 2. The minimum atomic E-state index is -0.256. The third-order valence-electron chi connectivity index (χ3n) is 3.02. The van der Waals surface area contributed by atoms with E-state index in [1.807, 2.05) is 0 Å². The lowest BCUT2D eigenvalue weighted by molar-refractivity contribution is 0.102. The minimum absolute atomic E-state index is 0.225. The van der Waals surface area contributed by atoms with Crippen molar-refractivity contribution in [3.05, 3.63) is 64.5 Å². The molecule has 6 nitrogen and oxygen atoms in total. The number of carbonyl (C=O) groups is 1. The molecule has 0 aliphatic heterocycles. The Morgan fingerprint density at radius 3 is 2.71 bits per heavy atom. The maximum absolute atomic E-state index is 12.0. The third-order valence-corrected chi connectivity index (χ3v) is 3.02. The highest BCUT2D eigenvalue weighted by molar-refractivity contribution is 6.04. The van der Waals surface area contributed by atoms with Gasteiger partial charge in [0.05, 0.1) is 10.9 Å². The normalized spacial score (nSPS) is 10.5. The molecule has 1 aromatic carbocycles. The molecule has 0 spiro atoms. The van der Waals surface area contributed by atoms with E-state index in [1.165, 1.54) is 0 Å². The Morgan fingerprint density at radius 1 is 1.19 bits per heavy atom. The highest BCUT2D eigenvalue weighted by Crippen LogP contribution is 2.15. The molecule has 2 heterocycles. The highest BCUT2D eigenvalue weighted by atomic mass is 16.1. The van der Waals surface area contributed by atoms with Crippen molar-refractivity contribution in [1.82, 2.24) is 15.0 Å². The average molecular weight is 280 g/mol. The second kappa shape index (κ2) is 5.16. The summed E-state index contributed by atoms with van der Waals surface area (Å²) in [6, 6.07) is 8.27. The largest absolute Gasteiger partial charge is 0.322 e. The summed E-state index contributed by atoms with van der Waals surface area (Å²) in [5.41, 5.74) is 1.41. The Kier molecular flexibility index (Phi) is 3.19. The number of hydrogen-bond acceptors (Lipinski definition) is 4. The number of anilines is 1. The fourth-order valence-corrected chi connectivity index (χ4v) is 2.04. The van der Waals surface area contributed by atoms with Gasteiger partial charge in [-0.1, -0.05) is 0 Å². The van der Waals surface area contributed by atoms with Gasteiger partial charge in [-0.15, -0.1) is 0 Å². The van der Waals surface area contributed by atoms with Crippen LogP contribution in [0.3, 0.4) is 0 Å². The summed E-state index contributed by atoms with van der Waals surface area (Å²) in [7, 11) is 0. The lowest BCUT2D eigenvalue weighted by Crippen LogP contribution is -2.13. The number of amides is 1. The van der Waals surface area contributed by atoms with Crippen LogP contribution in [-0.2, 0) is 0 Å². The molecule has 104 valence electrons. The van der Waals surface area contributed by atoms with Gasteiger partial charge >= 0.3 is 0 Å². The van der Waals surface area contributed by atoms with E-state index in [4.69, 9.17) is 0 Å². The van der Waals surface area contributed by atoms with Crippen LogP contribution in [0.5, 0.6) is 0 Å². The van der Waals surface area contributed by atoms with E-state index in [1.54, 1.807) is 49.6 Å². The van der Waals surface area contributed by atoms with Gasteiger partial charge in [-0.2, -0.15) is 0 Å². The molecule has 2 N–H and O–H groups in total. The number of aromatic nitrogens is 3. The van der Waals surface area contributed by atoms with Crippen LogP contribution in [0.4, 0.5) is 5.69 Å². The summed E-state index contributed by atoms with van der Waals surface area (Å²) in [6.45, 7) is 1.72.